The summed E-state index contributed by atoms with van der Waals surface area (Å²) >= 11 is 0. The van der Waals surface area contributed by atoms with Gasteiger partial charge in [0.1, 0.15) is 28.1 Å². The maximum atomic E-state index is 11.6. The first kappa shape index (κ1) is 26.0. The van der Waals surface area contributed by atoms with Crippen molar-refractivity contribution in [2.45, 2.75) is 6.61 Å². The summed E-state index contributed by atoms with van der Waals surface area (Å²) in [6, 6.07) is 34.7. The summed E-state index contributed by atoms with van der Waals surface area (Å²) in [5.74, 6) is 0.192. The topological polar surface area (TPSA) is 114 Å². The molecule has 2 aromatic heterocycles. The lowest BCUT2D eigenvalue weighted by molar-refractivity contribution is -0.384. The molecular weight excluding hydrogens is 576 g/mol. The summed E-state index contributed by atoms with van der Waals surface area (Å²) in [5, 5.41) is 15.1. The predicted molar refractivity (Wildman–Crippen MR) is 162 cm³/mol. The van der Waals surface area contributed by atoms with Gasteiger partial charge in [0.05, 0.1) is 17.6 Å². The van der Waals surface area contributed by atoms with E-state index in [2.05, 4.69) is 0 Å². The molecule has 0 bridgehead atoms. The SMILES string of the molecule is O=[N+]([O-])c1ccc(COp2oc3ccccc3c3ccccc3o2)c(Op2oc3ccccc3c3ccccc3o2)c1. The van der Waals surface area contributed by atoms with Crippen LogP contribution in [0.2, 0.25) is 0 Å². The molecule has 208 valence electrons. The summed E-state index contributed by atoms with van der Waals surface area (Å²) in [5.41, 5.74) is 2.82. The van der Waals surface area contributed by atoms with Crippen molar-refractivity contribution < 1.29 is 30.8 Å². The highest BCUT2D eigenvalue weighted by atomic mass is 31.1. The lowest BCUT2D eigenvalue weighted by Gasteiger charge is -2.08. The monoisotopic (exact) mass is 597 g/mol. The van der Waals surface area contributed by atoms with Crippen LogP contribution in [0.5, 0.6) is 5.75 Å². The predicted octanol–water partition coefficient (Wildman–Crippen LogP) is 10.3. The number of rotatable bonds is 6. The summed E-state index contributed by atoms with van der Waals surface area (Å²) in [4.78, 5) is 11.2. The second-order valence-electron chi connectivity index (χ2n) is 9.21. The van der Waals surface area contributed by atoms with Crippen LogP contribution in [0.4, 0.5) is 5.69 Å². The normalized spacial score (nSPS) is 11.2. The van der Waals surface area contributed by atoms with Gasteiger partial charge < -0.3 is 21.3 Å². The molecule has 2 heterocycles. The minimum absolute atomic E-state index is 0.0142. The van der Waals surface area contributed by atoms with E-state index in [9.17, 15) is 10.1 Å². The summed E-state index contributed by atoms with van der Waals surface area (Å²) in [7, 11) is -3.90. The minimum Gasteiger partial charge on any atom is -0.399 e. The quantitative estimate of drug-likeness (QED) is 0.137. The van der Waals surface area contributed by atoms with Crippen LogP contribution >= 0.6 is 16.5 Å². The molecule has 9 nitrogen and oxygen atoms in total. The summed E-state index contributed by atoms with van der Waals surface area (Å²) in [6.07, 6.45) is 0. The standard InChI is InChI=1S/C31H21NO8P2/c33-32(34)22-18-17-21(20-35-41-36-27-13-5-1-9-23(27)24-10-2-6-14-28(24)37-41)31(19-22)40-42-38-29-15-7-3-11-25(29)26-12-4-8-16-30(26)39-42/h1-19H,20H2. The number of nitrogens with zero attached hydrogens (tertiary/aromatic N) is 1. The molecule has 0 aliphatic heterocycles. The fraction of sp³-hybridized carbons (Fsp3) is 0.0323. The maximum absolute atomic E-state index is 11.6. The van der Waals surface area contributed by atoms with E-state index in [1.165, 1.54) is 12.1 Å². The van der Waals surface area contributed by atoms with Crippen molar-refractivity contribution in [3.63, 3.8) is 0 Å². The smallest absolute Gasteiger partial charge is 0.399 e. The van der Waals surface area contributed by atoms with Crippen LogP contribution in [0.15, 0.2) is 132 Å². The fourth-order valence-electron chi connectivity index (χ4n) is 4.59. The van der Waals surface area contributed by atoms with Crippen LogP contribution in [0.25, 0.3) is 43.9 Å². The molecule has 0 radical (unpaired) electrons. The Morgan fingerprint density at radius 3 is 1.48 bits per heavy atom. The van der Waals surface area contributed by atoms with Crippen LogP contribution < -0.4 is 9.05 Å². The zero-order valence-corrected chi connectivity index (χ0v) is 23.6. The number of fused-ring (bicyclic) bond motifs is 6. The van der Waals surface area contributed by atoms with Gasteiger partial charge in [-0.1, -0.05) is 72.8 Å². The molecule has 0 N–H and O–H groups in total. The Bertz CT molecular complexity index is 2070. The first-order valence-electron chi connectivity index (χ1n) is 12.9. The van der Waals surface area contributed by atoms with E-state index in [4.69, 9.17) is 25.8 Å². The Kier molecular flexibility index (Phi) is 6.90. The molecule has 0 aliphatic rings. The molecule has 7 aromatic rings. The Morgan fingerprint density at radius 1 is 0.595 bits per heavy atom. The molecule has 0 amide bonds. The van der Waals surface area contributed by atoms with Crippen LogP contribution in [0, 0.1) is 10.1 Å². The van der Waals surface area contributed by atoms with Crippen molar-refractivity contribution in [1.82, 2.24) is 0 Å². The van der Waals surface area contributed by atoms with E-state index in [1.54, 1.807) is 6.07 Å². The van der Waals surface area contributed by atoms with E-state index >= 15 is 0 Å². The third-order valence-electron chi connectivity index (χ3n) is 6.58. The first-order chi connectivity index (χ1) is 20.6. The highest BCUT2D eigenvalue weighted by Gasteiger charge is 2.17. The number of benzene rings is 5. The van der Waals surface area contributed by atoms with Crippen molar-refractivity contribution >= 4 is 66.0 Å². The third-order valence-corrected chi connectivity index (χ3v) is 8.65. The van der Waals surface area contributed by atoms with E-state index in [0.717, 1.165) is 21.5 Å². The summed E-state index contributed by atoms with van der Waals surface area (Å²) < 4.78 is 36.9. The molecule has 0 saturated carbocycles. The van der Waals surface area contributed by atoms with Crippen LogP contribution in [-0.4, -0.2) is 4.92 Å². The van der Waals surface area contributed by atoms with E-state index in [-0.39, 0.29) is 18.0 Å². The minimum atomic E-state index is -2.03. The Labute approximate surface area is 239 Å². The van der Waals surface area contributed by atoms with Crippen LogP contribution in [0.1, 0.15) is 5.56 Å². The number of hydrogen-bond donors (Lipinski definition) is 0. The molecule has 0 aliphatic carbocycles. The molecular formula is C31H21NO8P2. The van der Waals surface area contributed by atoms with Gasteiger partial charge in [0.15, 0.2) is 0 Å². The molecule has 0 unspecified atom stereocenters. The van der Waals surface area contributed by atoms with Crippen molar-refractivity contribution in [3.8, 4) is 5.75 Å². The molecule has 7 rings (SSSR count). The number of nitro benzene ring substituents is 1. The van der Waals surface area contributed by atoms with Gasteiger partial charge in [0.2, 0.25) is 0 Å². The van der Waals surface area contributed by atoms with Gasteiger partial charge in [-0.2, -0.15) is 0 Å². The van der Waals surface area contributed by atoms with E-state index < -0.39 is 21.4 Å². The van der Waals surface area contributed by atoms with Gasteiger partial charge in [-0.15, -0.1) is 0 Å². The van der Waals surface area contributed by atoms with Gasteiger partial charge in [0, 0.05) is 33.2 Å². The summed E-state index contributed by atoms with van der Waals surface area (Å²) in [6.45, 7) is -0.0142. The zero-order chi connectivity index (χ0) is 28.5. The Hall–Kier alpha value is -4.94. The number of para-hydroxylation sites is 4. The maximum Gasteiger partial charge on any atom is 0.453 e. The molecule has 0 saturated heterocycles. The average molecular weight is 597 g/mol. The fourth-order valence-corrected chi connectivity index (χ4v) is 6.70. The molecule has 0 spiro atoms. The van der Waals surface area contributed by atoms with Gasteiger partial charge in [-0.3, -0.25) is 14.6 Å². The van der Waals surface area contributed by atoms with Gasteiger partial charge in [-0.05, 0) is 30.3 Å². The highest BCUT2D eigenvalue weighted by Crippen LogP contribution is 2.40. The van der Waals surface area contributed by atoms with Gasteiger partial charge in [-0.25, -0.2) is 0 Å². The molecule has 0 fully saturated rings. The lowest BCUT2D eigenvalue weighted by atomic mass is 10.1. The van der Waals surface area contributed by atoms with E-state index in [1.807, 2.05) is 97.1 Å². The number of hydrogen-bond acceptors (Lipinski definition) is 8. The lowest BCUT2D eigenvalue weighted by Crippen LogP contribution is -1.97. The van der Waals surface area contributed by atoms with E-state index in [0.29, 0.717) is 27.9 Å². The van der Waals surface area contributed by atoms with Crippen molar-refractivity contribution in [1.29, 1.82) is 0 Å². The van der Waals surface area contributed by atoms with Gasteiger partial charge >= 0.3 is 16.5 Å². The number of nitro groups is 1. The second kappa shape index (κ2) is 11.1. The van der Waals surface area contributed by atoms with Crippen molar-refractivity contribution in [2.24, 2.45) is 0 Å². The zero-order valence-electron chi connectivity index (χ0n) is 21.8. The molecule has 42 heavy (non-hydrogen) atoms. The average Bonchev–Trinajstić information content (AvgIpc) is 3.27. The molecule has 11 heteroatoms. The Morgan fingerprint density at radius 2 is 1.02 bits per heavy atom. The largest absolute Gasteiger partial charge is 0.453 e. The third kappa shape index (κ3) is 5.13. The second-order valence-corrected chi connectivity index (χ2v) is 11.3. The molecule has 5 aromatic carbocycles. The number of non-ortho nitro benzene ring substituents is 1. The van der Waals surface area contributed by atoms with Gasteiger partial charge in [0.25, 0.3) is 5.69 Å². The molecule has 0 atom stereocenters. The van der Waals surface area contributed by atoms with Crippen LogP contribution in [-0.2, 0) is 6.61 Å². The van der Waals surface area contributed by atoms with Crippen LogP contribution in [0.3, 0.4) is 0 Å². The van der Waals surface area contributed by atoms with Crippen molar-refractivity contribution in [2.75, 3.05) is 0 Å². The Balaban J connectivity index is 1.30. The first-order valence-corrected chi connectivity index (χ1v) is 15.1. The van der Waals surface area contributed by atoms with Crippen molar-refractivity contribution in [3.05, 3.63) is 131 Å². The highest BCUT2D eigenvalue weighted by molar-refractivity contribution is 7.32.